The van der Waals surface area contributed by atoms with Crippen molar-refractivity contribution in [3.05, 3.63) is 57.9 Å². The van der Waals surface area contributed by atoms with Crippen LogP contribution in [0.2, 0.25) is 0 Å². The number of aryl methyl sites for hydroxylation is 1. The van der Waals surface area contributed by atoms with Crippen molar-refractivity contribution in [2.45, 2.75) is 33.7 Å². The lowest BCUT2D eigenvalue weighted by atomic mass is 10.1. The molecule has 0 aliphatic carbocycles. The summed E-state index contributed by atoms with van der Waals surface area (Å²) in [6.45, 7) is 8.01. The van der Waals surface area contributed by atoms with E-state index >= 15 is 0 Å². The molecule has 0 radical (unpaired) electrons. The number of pyridine rings is 1. The highest BCUT2D eigenvalue weighted by Gasteiger charge is 2.07. The van der Waals surface area contributed by atoms with Crippen molar-refractivity contribution in [2.75, 3.05) is 6.54 Å². The molecule has 1 heterocycles. The van der Waals surface area contributed by atoms with Crippen molar-refractivity contribution >= 4 is 0 Å². The zero-order valence-electron chi connectivity index (χ0n) is 14.0. The minimum atomic E-state index is 0.0772. The molecule has 0 saturated heterocycles. The third-order valence-electron chi connectivity index (χ3n) is 3.91. The van der Waals surface area contributed by atoms with Gasteiger partial charge in [-0.25, -0.2) is 0 Å². The highest BCUT2D eigenvalue weighted by Crippen LogP contribution is 2.18. The lowest BCUT2D eigenvalue weighted by molar-refractivity contribution is 0.549. The van der Waals surface area contributed by atoms with Gasteiger partial charge in [0.05, 0.1) is 5.69 Å². The third-order valence-corrected chi connectivity index (χ3v) is 3.91. The molecule has 2 aromatic rings. The number of benzene rings is 1. The second kappa shape index (κ2) is 7.41. The Kier molecular flexibility index (Phi) is 5.56. The van der Waals surface area contributed by atoms with Crippen LogP contribution in [0.1, 0.15) is 31.9 Å². The Morgan fingerprint density at radius 3 is 2.36 bits per heavy atom. The van der Waals surface area contributed by atoms with E-state index in [-0.39, 0.29) is 5.56 Å². The molecule has 0 unspecified atom stereocenters. The maximum absolute atomic E-state index is 12.5. The minimum absolute atomic E-state index is 0.0772. The van der Waals surface area contributed by atoms with Gasteiger partial charge in [-0.1, -0.05) is 51.1 Å². The Hall–Kier alpha value is -1.87. The van der Waals surface area contributed by atoms with Crippen LogP contribution < -0.4 is 10.9 Å². The van der Waals surface area contributed by atoms with Gasteiger partial charge in [0.25, 0.3) is 5.56 Å². The molecule has 3 nitrogen and oxygen atoms in total. The van der Waals surface area contributed by atoms with Crippen molar-refractivity contribution in [3.8, 4) is 11.3 Å². The van der Waals surface area contributed by atoms with Crippen molar-refractivity contribution < 1.29 is 0 Å². The van der Waals surface area contributed by atoms with Gasteiger partial charge in [-0.05, 0) is 36.1 Å². The summed E-state index contributed by atoms with van der Waals surface area (Å²) in [6, 6.07) is 12.4. The first kappa shape index (κ1) is 16.5. The van der Waals surface area contributed by atoms with E-state index in [2.05, 4.69) is 50.4 Å². The molecule has 3 heteroatoms. The van der Waals surface area contributed by atoms with E-state index in [1.165, 1.54) is 5.56 Å². The Morgan fingerprint density at radius 1 is 1.09 bits per heavy atom. The third kappa shape index (κ3) is 3.86. The molecular weight excluding hydrogens is 272 g/mol. The Balaban J connectivity index is 2.24. The summed E-state index contributed by atoms with van der Waals surface area (Å²) in [5.74, 6) is 0.584. The normalized spacial score (nSPS) is 11.1. The molecule has 0 aliphatic rings. The molecule has 22 heavy (non-hydrogen) atoms. The molecule has 0 atom stereocenters. The van der Waals surface area contributed by atoms with Crippen LogP contribution in [0.3, 0.4) is 0 Å². The topological polar surface area (TPSA) is 34.0 Å². The van der Waals surface area contributed by atoms with E-state index < -0.39 is 0 Å². The molecule has 0 fully saturated rings. The number of nitrogens with one attached hydrogen (secondary N) is 1. The summed E-state index contributed by atoms with van der Waals surface area (Å²) in [5.41, 5.74) is 4.24. The van der Waals surface area contributed by atoms with E-state index in [0.717, 1.165) is 29.8 Å². The SMILES string of the molecule is CCc1ccc(-c2ccc(CNCC(C)C)c(=O)n2C)cc1. The lowest BCUT2D eigenvalue weighted by Crippen LogP contribution is -2.27. The number of aromatic nitrogens is 1. The summed E-state index contributed by atoms with van der Waals surface area (Å²) in [7, 11) is 1.84. The first-order valence-electron chi connectivity index (χ1n) is 8.01. The average Bonchev–Trinajstić information content (AvgIpc) is 2.51. The Labute approximate surface area is 133 Å². The van der Waals surface area contributed by atoms with Gasteiger partial charge in [0.15, 0.2) is 0 Å². The summed E-state index contributed by atoms with van der Waals surface area (Å²) < 4.78 is 1.74. The maximum atomic E-state index is 12.5. The van der Waals surface area contributed by atoms with Crippen LogP contribution in [0.25, 0.3) is 11.3 Å². The van der Waals surface area contributed by atoms with Crippen LogP contribution in [0.4, 0.5) is 0 Å². The van der Waals surface area contributed by atoms with Crippen LogP contribution in [0.5, 0.6) is 0 Å². The van der Waals surface area contributed by atoms with Crippen LogP contribution in [-0.4, -0.2) is 11.1 Å². The lowest BCUT2D eigenvalue weighted by Gasteiger charge is -2.12. The highest BCUT2D eigenvalue weighted by atomic mass is 16.1. The molecule has 1 N–H and O–H groups in total. The predicted octanol–water partition coefficient (Wildman–Crippen LogP) is 3.36. The van der Waals surface area contributed by atoms with Gasteiger partial charge >= 0.3 is 0 Å². The summed E-state index contributed by atoms with van der Waals surface area (Å²) in [5, 5.41) is 3.33. The van der Waals surface area contributed by atoms with E-state index in [9.17, 15) is 4.79 Å². The number of nitrogens with zero attached hydrogens (tertiary/aromatic N) is 1. The van der Waals surface area contributed by atoms with E-state index in [0.29, 0.717) is 12.5 Å². The van der Waals surface area contributed by atoms with Gasteiger partial charge in [-0.2, -0.15) is 0 Å². The Bertz CT molecular complexity index is 669. The fourth-order valence-corrected chi connectivity index (χ4v) is 2.52. The van der Waals surface area contributed by atoms with E-state index in [1.54, 1.807) is 4.57 Å². The van der Waals surface area contributed by atoms with Gasteiger partial charge < -0.3 is 9.88 Å². The van der Waals surface area contributed by atoms with Crippen LogP contribution in [0.15, 0.2) is 41.2 Å². The molecule has 0 amide bonds. The molecule has 1 aromatic carbocycles. The molecule has 0 spiro atoms. The fourth-order valence-electron chi connectivity index (χ4n) is 2.52. The predicted molar refractivity (Wildman–Crippen MR) is 93.0 cm³/mol. The average molecular weight is 298 g/mol. The van der Waals surface area contributed by atoms with Crippen molar-refractivity contribution in [1.29, 1.82) is 0 Å². The van der Waals surface area contributed by atoms with Crippen LogP contribution >= 0.6 is 0 Å². The van der Waals surface area contributed by atoms with Crippen LogP contribution in [-0.2, 0) is 20.0 Å². The molecule has 0 bridgehead atoms. The van der Waals surface area contributed by atoms with E-state index in [4.69, 9.17) is 0 Å². The van der Waals surface area contributed by atoms with E-state index in [1.807, 2.05) is 19.2 Å². The zero-order chi connectivity index (χ0) is 16.1. The van der Waals surface area contributed by atoms with Gasteiger partial charge in [-0.15, -0.1) is 0 Å². The number of rotatable bonds is 6. The summed E-state index contributed by atoms with van der Waals surface area (Å²) >= 11 is 0. The van der Waals surface area contributed by atoms with Crippen molar-refractivity contribution in [2.24, 2.45) is 13.0 Å². The summed E-state index contributed by atoms with van der Waals surface area (Å²) in [6.07, 6.45) is 1.03. The maximum Gasteiger partial charge on any atom is 0.255 e. The number of hydrogen-bond acceptors (Lipinski definition) is 2. The van der Waals surface area contributed by atoms with Gasteiger partial charge in [-0.3, -0.25) is 4.79 Å². The van der Waals surface area contributed by atoms with Gasteiger partial charge in [0.1, 0.15) is 0 Å². The van der Waals surface area contributed by atoms with Crippen LogP contribution in [0, 0.1) is 5.92 Å². The number of hydrogen-bond donors (Lipinski definition) is 1. The monoisotopic (exact) mass is 298 g/mol. The molecule has 118 valence electrons. The standard InChI is InChI=1S/C19H26N2O/c1-5-15-6-8-16(9-7-15)18-11-10-17(19(22)21(18)4)13-20-12-14(2)3/h6-11,14,20H,5,12-13H2,1-4H3. The van der Waals surface area contributed by atoms with Crippen molar-refractivity contribution in [3.63, 3.8) is 0 Å². The fraction of sp³-hybridized carbons (Fsp3) is 0.421. The molecule has 0 aliphatic heterocycles. The van der Waals surface area contributed by atoms with Gasteiger partial charge in [0, 0.05) is 19.2 Å². The van der Waals surface area contributed by atoms with Gasteiger partial charge in [0.2, 0.25) is 0 Å². The Morgan fingerprint density at radius 2 is 1.77 bits per heavy atom. The minimum Gasteiger partial charge on any atom is -0.312 e. The molecule has 2 rings (SSSR count). The molecule has 1 aromatic heterocycles. The largest absolute Gasteiger partial charge is 0.312 e. The second-order valence-corrected chi connectivity index (χ2v) is 6.18. The quantitative estimate of drug-likeness (QED) is 0.887. The smallest absolute Gasteiger partial charge is 0.255 e. The molecule has 0 saturated carbocycles. The molecular formula is C19H26N2O. The second-order valence-electron chi connectivity index (χ2n) is 6.18. The first-order valence-corrected chi connectivity index (χ1v) is 8.01. The first-order chi connectivity index (χ1) is 10.5. The zero-order valence-corrected chi connectivity index (χ0v) is 14.0. The highest BCUT2D eigenvalue weighted by molar-refractivity contribution is 5.60. The summed E-state index contributed by atoms with van der Waals surface area (Å²) in [4.78, 5) is 12.5. The van der Waals surface area contributed by atoms with Crippen molar-refractivity contribution in [1.82, 2.24) is 9.88 Å².